The molecule has 0 fully saturated rings. The smallest absolute Gasteiger partial charge is 0.133 e. The van der Waals surface area contributed by atoms with Crippen LogP contribution in [0.4, 0.5) is 0 Å². The number of nitrogens with zero attached hydrogens (tertiary/aromatic N) is 1. The van der Waals surface area contributed by atoms with Gasteiger partial charge in [-0.05, 0) is 12.1 Å². The number of rotatable bonds is 3. The molecule has 1 aromatic heterocycles. The summed E-state index contributed by atoms with van der Waals surface area (Å²) in [5.74, 6) is -0.0553. The minimum atomic E-state index is -1.11. The molecule has 4 nitrogen and oxygen atoms in total. The Labute approximate surface area is 80.4 Å². The van der Waals surface area contributed by atoms with Gasteiger partial charge in [0, 0.05) is 0 Å². The van der Waals surface area contributed by atoms with Crippen LogP contribution in [0.1, 0.15) is 11.8 Å². The molecule has 0 saturated heterocycles. The molecule has 0 aliphatic heterocycles. The lowest BCUT2D eigenvalue weighted by molar-refractivity contribution is 0.0299. The highest BCUT2D eigenvalue weighted by molar-refractivity contribution is 6.18. The van der Waals surface area contributed by atoms with Gasteiger partial charge >= 0.3 is 0 Å². The molecule has 13 heavy (non-hydrogen) atoms. The molecule has 5 heteroatoms. The average Bonchev–Trinajstić information content (AvgIpc) is 2.17. The van der Waals surface area contributed by atoms with Crippen LogP contribution in [0.25, 0.3) is 0 Å². The van der Waals surface area contributed by atoms with Gasteiger partial charge in [-0.2, -0.15) is 0 Å². The zero-order valence-corrected chi connectivity index (χ0v) is 7.52. The molecule has 0 bridgehead atoms. The Kier molecular flexibility index (Phi) is 3.48. The normalized spacial score (nSPS) is 15.3. The van der Waals surface area contributed by atoms with Crippen molar-refractivity contribution >= 4 is 11.6 Å². The van der Waals surface area contributed by atoms with E-state index in [4.69, 9.17) is 21.8 Å². The van der Waals surface area contributed by atoms with Crippen molar-refractivity contribution in [1.29, 1.82) is 0 Å². The summed E-state index contributed by atoms with van der Waals surface area (Å²) < 4.78 is 0. The molecule has 72 valence electrons. The van der Waals surface area contributed by atoms with Crippen molar-refractivity contribution in [2.45, 2.75) is 12.2 Å². The predicted octanol–water partition coefficient (Wildman–Crippen LogP) is 0.420. The third-order valence-electron chi connectivity index (χ3n) is 1.60. The third-order valence-corrected chi connectivity index (χ3v) is 1.91. The van der Waals surface area contributed by atoms with Crippen LogP contribution in [-0.4, -0.2) is 32.3 Å². The van der Waals surface area contributed by atoms with Crippen LogP contribution >= 0.6 is 11.6 Å². The molecule has 0 spiro atoms. The van der Waals surface area contributed by atoms with E-state index in [0.717, 1.165) is 0 Å². The molecular weight excluding hydrogens is 194 g/mol. The van der Waals surface area contributed by atoms with Gasteiger partial charge in [-0.15, -0.1) is 11.6 Å². The van der Waals surface area contributed by atoms with E-state index in [1.165, 1.54) is 18.3 Å². The largest absolute Gasteiger partial charge is 0.506 e. The quantitative estimate of drug-likeness (QED) is 0.623. The van der Waals surface area contributed by atoms with Gasteiger partial charge in [-0.3, -0.25) is 4.98 Å². The van der Waals surface area contributed by atoms with Gasteiger partial charge in [0.2, 0.25) is 0 Å². The maximum Gasteiger partial charge on any atom is 0.133 e. The van der Waals surface area contributed by atoms with Crippen LogP contribution in [0.15, 0.2) is 18.3 Å². The molecule has 1 heterocycles. The van der Waals surface area contributed by atoms with Gasteiger partial charge in [0.05, 0.1) is 23.9 Å². The zero-order chi connectivity index (χ0) is 9.84. The fraction of sp³-hybridized carbons (Fsp3) is 0.375. The van der Waals surface area contributed by atoms with Crippen molar-refractivity contribution in [2.24, 2.45) is 0 Å². The van der Waals surface area contributed by atoms with E-state index < -0.39 is 12.2 Å². The van der Waals surface area contributed by atoms with E-state index in [2.05, 4.69) is 4.98 Å². The molecule has 2 unspecified atom stereocenters. The first-order valence-corrected chi connectivity index (χ1v) is 4.25. The summed E-state index contributed by atoms with van der Waals surface area (Å²) in [6.07, 6.45) is -0.962. The second-order valence-corrected chi connectivity index (χ2v) is 2.92. The second-order valence-electron chi connectivity index (χ2n) is 2.61. The van der Waals surface area contributed by atoms with Crippen LogP contribution < -0.4 is 0 Å². The number of halogens is 1. The molecule has 0 saturated carbocycles. The number of hydrogen-bond acceptors (Lipinski definition) is 4. The van der Waals surface area contributed by atoms with Crippen LogP contribution in [-0.2, 0) is 0 Å². The standard InChI is InChI=1S/C8H10ClNO3/c9-3-7(12)8(13)6-2-1-5(11)4-10-6/h1-2,4,7-8,11-13H,3H2. The number of aromatic nitrogens is 1. The summed E-state index contributed by atoms with van der Waals surface area (Å²) in [4.78, 5) is 3.73. The van der Waals surface area contributed by atoms with Crippen LogP contribution in [0.5, 0.6) is 5.75 Å². The molecule has 0 aromatic carbocycles. The van der Waals surface area contributed by atoms with Crippen molar-refractivity contribution in [1.82, 2.24) is 4.98 Å². The van der Waals surface area contributed by atoms with Crippen LogP contribution in [0.3, 0.4) is 0 Å². The number of hydrogen-bond donors (Lipinski definition) is 3. The summed E-state index contributed by atoms with van der Waals surface area (Å²) in [5, 5.41) is 27.5. The van der Waals surface area contributed by atoms with E-state index in [-0.39, 0.29) is 17.3 Å². The monoisotopic (exact) mass is 203 g/mol. The molecule has 3 N–H and O–H groups in total. The number of aromatic hydroxyl groups is 1. The number of pyridine rings is 1. The lowest BCUT2D eigenvalue weighted by atomic mass is 10.1. The Morgan fingerprint density at radius 1 is 1.38 bits per heavy atom. The summed E-state index contributed by atoms with van der Waals surface area (Å²) in [7, 11) is 0. The SMILES string of the molecule is Oc1ccc(C(O)C(O)CCl)nc1. The molecule has 0 amide bonds. The maximum atomic E-state index is 9.40. The molecule has 2 atom stereocenters. The number of aliphatic hydroxyl groups excluding tert-OH is 2. The lowest BCUT2D eigenvalue weighted by Gasteiger charge is -2.14. The fourth-order valence-electron chi connectivity index (χ4n) is 0.854. The Morgan fingerprint density at radius 2 is 2.08 bits per heavy atom. The average molecular weight is 204 g/mol. The third kappa shape index (κ3) is 2.55. The number of aliphatic hydroxyl groups is 2. The van der Waals surface area contributed by atoms with E-state index >= 15 is 0 Å². The summed E-state index contributed by atoms with van der Waals surface area (Å²) >= 11 is 5.34. The predicted molar refractivity (Wildman–Crippen MR) is 47.6 cm³/mol. The van der Waals surface area contributed by atoms with Crippen molar-refractivity contribution in [3.05, 3.63) is 24.0 Å². The Bertz CT molecular complexity index is 265. The Balaban J connectivity index is 2.77. The van der Waals surface area contributed by atoms with Crippen molar-refractivity contribution in [2.75, 3.05) is 5.88 Å². The lowest BCUT2D eigenvalue weighted by Crippen LogP contribution is -2.20. The van der Waals surface area contributed by atoms with Gasteiger partial charge in [-0.25, -0.2) is 0 Å². The van der Waals surface area contributed by atoms with Gasteiger partial charge < -0.3 is 15.3 Å². The second kappa shape index (κ2) is 4.41. The summed E-state index contributed by atoms with van der Waals surface area (Å²) in [5.41, 5.74) is 0.283. The summed E-state index contributed by atoms with van der Waals surface area (Å²) in [6, 6.07) is 2.81. The van der Waals surface area contributed by atoms with Crippen molar-refractivity contribution in [3.8, 4) is 5.75 Å². The highest BCUT2D eigenvalue weighted by Crippen LogP contribution is 2.17. The van der Waals surface area contributed by atoms with Crippen LogP contribution in [0, 0.1) is 0 Å². The van der Waals surface area contributed by atoms with Crippen molar-refractivity contribution < 1.29 is 15.3 Å². The molecule has 0 aliphatic rings. The van der Waals surface area contributed by atoms with Crippen LogP contribution in [0.2, 0.25) is 0 Å². The highest BCUT2D eigenvalue weighted by atomic mass is 35.5. The Hall–Kier alpha value is -0.840. The maximum absolute atomic E-state index is 9.40. The zero-order valence-electron chi connectivity index (χ0n) is 6.76. The van der Waals surface area contributed by atoms with Gasteiger partial charge in [0.1, 0.15) is 11.9 Å². The van der Waals surface area contributed by atoms with Crippen molar-refractivity contribution in [3.63, 3.8) is 0 Å². The van der Waals surface area contributed by atoms with E-state index in [1.54, 1.807) is 0 Å². The number of alkyl halides is 1. The summed E-state index contributed by atoms with van der Waals surface area (Å²) in [6.45, 7) is 0. The minimum Gasteiger partial charge on any atom is -0.506 e. The van der Waals surface area contributed by atoms with E-state index in [0.29, 0.717) is 0 Å². The highest BCUT2D eigenvalue weighted by Gasteiger charge is 2.18. The Morgan fingerprint density at radius 3 is 2.54 bits per heavy atom. The topological polar surface area (TPSA) is 73.6 Å². The fourth-order valence-corrected chi connectivity index (χ4v) is 1.02. The molecule has 0 aliphatic carbocycles. The molecule has 0 radical (unpaired) electrons. The van der Waals surface area contributed by atoms with E-state index in [9.17, 15) is 5.11 Å². The van der Waals surface area contributed by atoms with Gasteiger partial charge in [0.25, 0.3) is 0 Å². The minimum absolute atomic E-state index is 0.0105. The molecular formula is C8H10ClNO3. The first-order valence-electron chi connectivity index (χ1n) is 3.72. The molecule has 1 rings (SSSR count). The van der Waals surface area contributed by atoms with Gasteiger partial charge in [-0.1, -0.05) is 0 Å². The van der Waals surface area contributed by atoms with Gasteiger partial charge in [0.15, 0.2) is 0 Å². The molecule has 1 aromatic rings. The first kappa shape index (κ1) is 10.2. The van der Waals surface area contributed by atoms with E-state index in [1.807, 2.05) is 0 Å². The first-order chi connectivity index (χ1) is 6.15.